The van der Waals surface area contributed by atoms with Crippen LogP contribution in [-0.4, -0.2) is 39.9 Å². The highest BCUT2D eigenvalue weighted by molar-refractivity contribution is 9.10. The van der Waals surface area contributed by atoms with Crippen LogP contribution in [0.5, 0.6) is 5.88 Å². The lowest BCUT2D eigenvalue weighted by atomic mass is 9.77. The van der Waals surface area contributed by atoms with Gasteiger partial charge in [-0.3, -0.25) is 4.79 Å². The van der Waals surface area contributed by atoms with Crippen molar-refractivity contribution in [2.45, 2.75) is 31.4 Å². The zero-order chi connectivity index (χ0) is 21.4. The van der Waals surface area contributed by atoms with E-state index < -0.39 is 5.82 Å². The Kier molecular flexibility index (Phi) is 5.40. The van der Waals surface area contributed by atoms with Gasteiger partial charge in [0.05, 0.1) is 17.3 Å². The summed E-state index contributed by atoms with van der Waals surface area (Å²) in [5, 5.41) is 0. The van der Waals surface area contributed by atoms with Crippen molar-refractivity contribution in [3.63, 3.8) is 0 Å². The molecular formula is C23H20BrFN4O2. The minimum Gasteiger partial charge on any atom is -0.472 e. The number of aldehydes is 1. The number of pyridine rings is 1. The average molecular weight is 483 g/mol. The van der Waals surface area contributed by atoms with Gasteiger partial charge in [0, 0.05) is 41.2 Å². The lowest BCUT2D eigenvalue weighted by Gasteiger charge is -2.50. The number of benzene rings is 1. The summed E-state index contributed by atoms with van der Waals surface area (Å²) in [6.45, 7) is 0.690. The molecule has 3 atom stereocenters. The molecule has 31 heavy (non-hydrogen) atoms. The Labute approximate surface area is 187 Å². The Balaban J connectivity index is 1.52. The first kappa shape index (κ1) is 20.1. The molecule has 0 unspecified atom stereocenters. The summed E-state index contributed by atoms with van der Waals surface area (Å²) in [5.74, 6) is 0.888. The first-order valence-corrected chi connectivity index (χ1v) is 11.0. The van der Waals surface area contributed by atoms with Crippen LogP contribution < -0.4 is 9.64 Å². The molecule has 4 heterocycles. The van der Waals surface area contributed by atoms with Crippen LogP contribution in [0, 0.1) is 11.7 Å². The van der Waals surface area contributed by atoms with Gasteiger partial charge in [0.15, 0.2) is 12.1 Å². The van der Waals surface area contributed by atoms with Gasteiger partial charge in [0.25, 0.3) is 0 Å². The summed E-state index contributed by atoms with van der Waals surface area (Å²) in [6.07, 6.45) is 8.31. The topological polar surface area (TPSA) is 68.2 Å². The Hall–Kier alpha value is -2.87. The van der Waals surface area contributed by atoms with Gasteiger partial charge >= 0.3 is 0 Å². The highest BCUT2D eigenvalue weighted by Gasteiger charge is 2.44. The van der Waals surface area contributed by atoms with Gasteiger partial charge in [0.1, 0.15) is 11.9 Å². The quantitative estimate of drug-likeness (QED) is 0.491. The zero-order valence-electron chi connectivity index (χ0n) is 16.6. The van der Waals surface area contributed by atoms with Crippen molar-refractivity contribution in [2.75, 3.05) is 11.4 Å². The molecule has 2 bridgehead atoms. The molecule has 6 nitrogen and oxygen atoms in total. The van der Waals surface area contributed by atoms with E-state index in [2.05, 4.69) is 30.9 Å². The number of nitrogens with zero attached hydrogens (tertiary/aromatic N) is 4. The second-order valence-corrected chi connectivity index (χ2v) is 8.83. The molecule has 1 saturated carbocycles. The second kappa shape index (κ2) is 8.34. The van der Waals surface area contributed by atoms with E-state index in [-0.39, 0.29) is 17.7 Å². The number of hydrogen-bond donors (Lipinski definition) is 0. The highest BCUT2D eigenvalue weighted by atomic mass is 79.9. The normalized spacial score (nSPS) is 22.4. The number of fused-ring (bicyclic) bond motifs is 3. The number of anilines is 1. The molecule has 0 amide bonds. The number of halogens is 2. The van der Waals surface area contributed by atoms with Crippen LogP contribution in [0.4, 0.5) is 10.1 Å². The molecule has 2 aliphatic heterocycles. The van der Waals surface area contributed by atoms with Crippen molar-refractivity contribution in [2.24, 2.45) is 5.92 Å². The van der Waals surface area contributed by atoms with Crippen LogP contribution >= 0.6 is 15.9 Å². The number of ether oxygens (including phenoxy) is 1. The fraction of sp³-hybridized carbons (Fsp3) is 0.304. The Morgan fingerprint density at radius 3 is 2.68 bits per heavy atom. The van der Waals surface area contributed by atoms with Gasteiger partial charge in [-0.1, -0.05) is 0 Å². The molecule has 0 N–H and O–H groups in total. The van der Waals surface area contributed by atoms with Gasteiger partial charge in [-0.2, -0.15) is 0 Å². The predicted octanol–water partition coefficient (Wildman–Crippen LogP) is 4.69. The van der Waals surface area contributed by atoms with Gasteiger partial charge in [-0.15, -0.1) is 0 Å². The third kappa shape index (κ3) is 3.80. The van der Waals surface area contributed by atoms with E-state index in [4.69, 9.17) is 4.74 Å². The molecule has 0 spiro atoms. The first-order valence-electron chi connectivity index (χ1n) is 10.2. The number of carbonyl (C=O) groups is 1. The minimum atomic E-state index is -0.421. The number of rotatable bonds is 5. The molecule has 2 saturated heterocycles. The van der Waals surface area contributed by atoms with Gasteiger partial charge in [0.2, 0.25) is 5.88 Å². The lowest BCUT2D eigenvalue weighted by Crippen LogP contribution is -2.58. The van der Waals surface area contributed by atoms with Crippen molar-refractivity contribution in [3.05, 3.63) is 64.8 Å². The number of aromatic nitrogens is 3. The molecule has 3 aromatic rings. The minimum absolute atomic E-state index is 0.0458. The summed E-state index contributed by atoms with van der Waals surface area (Å²) in [4.78, 5) is 27.0. The second-order valence-electron chi connectivity index (χ2n) is 7.92. The van der Waals surface area contributed by atoms with Gasteiger partial charge in [-0.05, 0) is 65.4 Å². The van der Waals surface area contributed by atoms with Crippen molar-refractivity contribution in [1.82, 2.24) is 15.0 Å². The van der Waals surface area contributed by atoms with Gasteiger partial charge < -0.3 is 9.64 Å². The van der Waals surface area contributed by atoms with E-state index in [0.29, 0.717) is 41.7 Å². The van der Waals surface area contributed by atoms with Crippen LogP contribution in [0.15, 0.2) is 53.4 Å². The van der Waals surface area contributed by atoms with E-state index >= 15 is 4.39 Å². The fourth-order valence-electron chi connectivity index (χ4n) is 4.73. The Morgan fingerprint density at radius 2 is 1.97 bits per heavy atom. The molecular weight excluding hydrogens is 463 g/mol. The first-order chi connectivity index (χ1) is 15.1. The molecule has 6 rings (SSSR count). The molecule has 0 radical (unpaired) electrons. The van der Waals surface area contributed by atoms with E-state index in [1.165, 1.54) is 6.07 Å². The van der Waals surface area contributed by atoms with Crippen molar-refractivity contribution < 1.29 is 13.9 Å². The smallest absolute Gasteiger partial charge is 0.213 e. The number of carbonyl (C=O) groups excluding carboxylic acids is 1. The van der Waals surface area contributed by atoms with Crippen LogP contribution in [0.3, 0.4) is 0 Å². The maximum atomic E-state index is 15.1. The van der Waals surface area contributed by atoms with E-state index in [0.717, 1.165) is 23.7 Å². The molecule has 2 aromatic heterocycles. The summed E-state index contributed by atoms with van der Waals surface area (Å²) in [5.41, 5.74) is 1.12. The monoisotopic (exact) mass is 482 g/mol. The maximum absolute atomic E-state index is 15.1. The molecule has 1 aromatic carbocycles. The van der Waals surface area contributed by atoms with Crippen LogP contribution in [-0.2, 0) is 0 Å². The third-order valence-electron chi connectivity index (χ3n) is 6.07. The van der Waals surface area contributed by atoms with Crippen molar-refractivity contribution >= 4 is 27.9 Å². The predicted molar refractivity (Wildman–Crippen MR) is 118 cm³/mol. The third-order valence-corrected chi connectivity index (χ3v) is 6.54. The van der Waals surface area contributed by atoms with E-state index in [1.54, 1.807) is 30.7 Å². The molecule has 1 aliphatic carbocycles. The molecule has 3 aliphatic rings. The Bertz CT molecular complexity index is 1100. The molecule has 158 valence electrons. The standard InChI is InChI=1S/C23H20BrFN4O2/c24-15-3-7-21(28-11-15)31-20-10-14-2-6-19(20)29(12-14)22-17(13-30)16(4-5-18(22)25)23-26-8-1-9-27-23/h1,3-5,7-9,11,13-14,19-20H,2,6,10,12H2/t14-,19+,20-/m1/s1. The molecule has 3 fully saturated rings. The largest absolute Gasteiger partial charge is 0.472 e. The lowest BCUT2D eigenvalue weighted by molar-refractivity contribution is 0.0658. The number of hydrogen-bond acceptors (Lipinski definition) is 6. The number of piperidine rings is 2. The maximum Gasteiger partial charge on any atom is 0.213 e. The van der Waals surface area contributed by atoms with Crippen LogP contribution in [0.1, 0.15) is 29.6 Å². The summed E-state index contributed by atoms with van der Waals surface area (Å²) in [7, 11) is 0. The summed E-state index contributed by atoms with van der Waals surface area (Å²) < 4.78 is 22.2. The zero-order valence-corrected chi connectivity index (χ0v) is 18.2. The van der Waals surface area contributed by atoms with E-state index in [1.807, 2.05) is 17.0 Å². The van der Waals surface area contributed by atoms with Crippen molar-refractivity contribution in [1.29, 1.82) is 0 Å². The summed E-state index contributed by atoms with van der Waals surface area (Å²) in [6, 6.07) is 8.32. The SMILES string of the molecule is O=Cc1c(-c2ncccn2)ccc(F)c1N1C[C@@H]2CC[C@H]1[C@H](Oc1ccc(Br)cn1)C2. The van der Waals surface area contributed by atoms with Gasteiger partial charge in [-0.25, -0.2) is 19.3 Å². The van der Waals surface area contributed by atoms with Crippen LogP contribution in [0.25, 0.3) is 11.4 Å². The Morgan fingerprint density at radius 1 is 1.13 bits per heavy atom. The van der Waals surface area contributed by atoms with Crippen LogP contribution in [0.2, 0.25) is 0 Å². The highest BCUT2D eigenvalue weighted by Crippen LogP contribution is 2.42. The molecule has 8 heteroatoms. The summed E-state index contributed by atoms with van der Waals surface area (Å²) >= 11 is 3.38. The van der Waals surface area contributed by atoms with Crippen molar-refractivity contribution in [3.8, 4) is 17.3 Å². The van der Waals surface area contributed by atoms with E-state index in [9.17, 15) is 4.79 Å². The average Bonchev–Trinajstić information content (AvgIpc) is 2.81. The fourth-order valence-corrected chi connectivity index (χ4v) is 4.96.